The van der Waals surface area contributed by atoms with Gasteiger partial charge in [-0.25, -0.2) is 0 Å². The van der Waals surface area contributed by atoms with Crippen molar-refractivity contribution in [3.63, 3.8) is 0 Å². The Labute approximate surface area is 147 Å². The zero-order valence-electron chi connectivity index (χ0n) is 15.2. The summed E-state index contributed by atoms with van der Waals surface area (Å²) in [4.78, 5) is 0. The van der Waals surface area contributed by atoms with Crippen LogP contribution in [-0.4, -0.2) is 26.5 Å². The van der Waals surface area contributed by atoms with Crippen molar-refractivity contribution in [2.75, 3.05) is 0 Å². The fraction of sp³-hybridized carbons (Fsp3) is 0.500. The van der Waals surface area contributed by atoms with E-state index < -0.39 is 26.5 Å². The largest absolute Gasteiger partial charge is 4.00 e. The van der Waals surface area contributed by atoms with Crippen molar-refractivity contribution < 1.29 is 28.7 Å². The fourth-order valence-electron chi connectivity index (χ4n) is 1.84. The molecule has 0 aromatic carbocycles. The first kappa shape index (κ1) is 19.9. The summed E-state index contributed by atoms with van der Waals surface area (Å²) >= 11 is -2.92. The Morgan fingerprint density at radius 1 is 0.789 bits per heavy atom. The fourth-order valence-corrected chi connectivity index (χ4v) is 7.09. The van der Waals surface area contributed by atoms with Crippen LogP contribution in [0.4, 0.5) is 0 Å². The Bertz CT molecular complexity index is 371. The van der Waals surface area contributed by atoms with Crippen molar-refractivity contribution in [3.05, 3.63) is 45.3 Å². The van der Waals surface area contributed by atoms with E-state index in [-0.39, 0.29) is 28.7 Å². The van der Waals surface area contributed by atoms with Crippen LogP contribution in [0.25, 0.3) is 0 Å². The second kappa shape index (κ2) is 8.38. The molecule has 0 bridgehead atoms. The molecule has 0 N–H and O–H groups in total. The van der Waals surface area contributed by atoms with Gasteiger partial charge in [0.1, 0.15) is 0 Å². The molecule has 0 saturated carbocycles. The molecule has 0 amide bonds. The van der Waals surface area contributed by atoms with E-state index in [9.17, 15) is 0 Å². The Balaban J connectivity index is -0.000000270. The standard InChI is InChI=1S/2C8H13Ge.Hf.2H/c2*1-9(2,3)8-6-4-5-7-8;;;/h2*4,6H,5H2,1-3H3;;;/q2*-1;+4;2*-1. The van der Waals surface area contributed by atoms with Gasteiger partial charge in [-0.15, -0.1) is 0 Å². The minimum atomic E-state index is -1.46. The first-order chi connectivity index (χ1) is 8.21. The molecule has 104 valence electrons. The molecule has 2 aliphatic rings. The maximum atomic E-state index is 3.39. The van der Waals surface area contributed by atoms with Gasteiger partial charge in [0.25, 0.3) is 0 Å². The summed E-state index contributed by atoms with van der Waals surface area (Å²) in [6, 6.07) is 0. The summed E-state index contributed by atoms with van der Waals surface area (Å²) in [7, 11) is 0. The van der Waals surface area contributed by atoms with Gasteiger partial charge in [0, 0.05) is 0 Å². The van der Waals surface area contributed by atoms with Crippen LogP contribution in [-0.2, 0) is 25.8 Å². The third-order valence-corrected chi connectivity index (χ3v) is 11.2. The molecule has 0 saturated heterocycles. The maximum Gasteiger partial charge on any atom is 4.00 e. The first-order valence-electron chi connectivity index (χ1n) is 6.77. The smallest absolute Gasteiger partial charge is 1.00 e. The summed E-state index contributed by atoms with van der Waals surface area (Å²) in [5, 5.41) is 0. The first-order valence-corrected chi connectivity index (χ1v) is 21.5. The molecule has 2 rings (SSSR count). The summed E-state index contributed by atoms with van der Waals surface area (Å²) in [5.74, 6) is 14.4. The quantitative estimate of drug-likeness (QED) is 0.326. The predicted octanol–water partition coefficient (Wildman–Crippen LogP) is 5.33. The average Bonchev–Trinajstić information content (AvgIpc) is 2.91. The Morgan fingerprint density at radius 3 is 1.21 bits per heavy atom. The van der Waals surface area contributed by atoms with Crippen molar-refractivity contribution >= 4 is 26.5 Å². The molecule has 3 heteroatoms. The van der Waals surface area contributed by atoms with Gasteiger partial charge in [0.15, 0.2) is 0 Å². The number of hydrogen-bond donors (Lipinski definition) is 0. The normalized spacial score (nSPS) is 17.4. The van der Waals surface area contributed by atoms with Crippen LogP contribution in [0.3, 0.4) is 0 Å². The molecule has 0 fully saturated rings. The number of allylic oxidation sites excluding steroid dienone is 8. The number of hydrogen-bond acceptors (Lipinski definition) is 0. The van der Waals surface area contributed by atoms with Crippen molar-refractivity contribution in [1.29, 1.82) is 0 Å². The van der Waals surface area contributed by atoms with Crippen LogP contribution >= 0.6 is 0 Å². The molecule has 19 heavy (non-hydrogen) atoms. The van der Waals surface area contributed by atoms with Crippen LogP contribution in [0.2, 0.25) is 34.5 Å². The van der Waals surface area contributed by atoms with Crippen LogP contribution in [0.1, 0.15) is 15.7 Å². The van der Waals surface area contributed by atoms with E-state index >= 15 is 0 Å². The van der Waals surface area contributed by atoms with Crippen LogP contribution in [0.15, 0.2) is 33.1 Å². The summed E-state index contributed by atoms with van der Waals surface area (Å²) in [5.41, 5.74) is 0. The van der Waals surface area contributed by atoms with Gasteiger partial charge in [0.2, 0.25) is 0 Å². The minimum Gasteiger partial charge on any atom is -1.00 e. The van der Waals surface area contributed by atoms with E-state index in [1.54, 1.807) is 0 Å². The number of rotatable bonds is 2. The molecule has 0 aliphatic heterocycles. The monoisotopic (exact) mass is 548 g/mol. The van der Waals surface area contributed by atoms with Crippen LogP contribution < -0.4 is 0 Å². The van der Waals surface area contributed by atoms with Gasteiger partial charge in [0.05, 0.1) is 0 Å². The van der Waals surface area contributed by atoms with Crippen LogP contribution in [0, 0.1) is 12.2 Å². The maximum absolute atomic E-state index is 3.39. The Morgan fingerprint density at radius 2 is 1.11 bits per heavy atom. The summed E-state index contributed by atoms with van der Waals surface area (Å²) in [6.07, 6.45) is 17.8. The van der Waals surface area contributed by atoms with E-state index in [4.69, 9.17) is 0 Å². The topological polar surface area (TPSA) is 0 Å². The van der Waals surface area contributed by atoms with Gasteiger partial charge in [-0.2, -0.15) is 0 Å². The molecule has 0 aromatic heterocycles. The second-order valence-corrected chi connectivity index (χ2v) is 28.0. The Hall–Kier alpha value is 0.916. The van der Waals surface area contributed by atoms with Gasteiger partial charge in [-0.05, 0) is 0 Å². The SMILES string of the molecule is [CH3][Ge]([CH3])([CH3])[C]1=[C-]CC=C1.[CH3][Ge]([CH3])([CH3])[C]1=[C-]CC=C1.[H-].[H-].[Hf+4]. The second-order valence-electron chi connectivity index (χ2n) is 6.89. The van der Waals surface area contributed by atoms with Crippen molar-refractivity contribution in [1.82, 2.24) is 0 Å². The molecule has 0 atom stereocenters. The molecule has 0 radical (unpaired) electrons. The zero-order chi connectivity index (χ0) is 13.8. The molecule has 0 nitrogen and oxygen atoms in total. The molecule has 0 heterocycles. The van der Waals surface area contributed by atoms with E-state index in [0.717, 1.165) is 12.8 Å². The van der Waals surface area contributed by atoms with Gasteiger partial charge >= 0.3 is 145 Å². The van der Waals surface area contributed by atoms with Crippen molar-refractivity contribution in [2.24, 2.45) is 0 Å². The zero-order valence-corrected chi connectivity index (χ0v) is 21.0. The average molecular weight is 544 g/mol. The van der Waals surface area contributed by atoms with Crippen molar-refractivity contribution in [3.8, 4) is 0 Å². The minimum absolute atomic E-state index is 0. The predicted molar refractivity (Wildman–Crippen MR) is 89.9 cm³/mol. The Kier molecular flexibility index (Phi) is 8.78. The van der Waals surface area contributed by atoms with E-state index in [1.807, 2.05) is 0 Å². The van der Waals surface area contributed by atoms with Crippen LogP contribution in [0.5, 0.6) is 0 Å². The summed E-state index contributed by atoms with van der Waals surface area (Å²) < 4.78 is 3.07. The van der Waals surface area contributed by atoms with Gasteiger partial charge in [-0.1, -0.05) is 0 Å². The molecule has 0 aromatic rings. The van der Waals surface area contributed by atoms with E-state index in [2.05, 4.69) is 71.0 Å². The molecular formula is C16H28Ge2Hf. The molecule has 0 spiro atoms. The molecule has 0 unspecified atom stereocenters. The third kappa shape index (κ3) is 7.47. The molecular weight excluding hydrogens is 516 g/mol. The van der Waals surface area contributed by atoms with Gasteiger partial charge < -0.3 is 2.85 Å². The third-order valence-electron chi connectivity index (χ3n) is 3.01. The van der Waals surface area contributed by atoms with Crippen molar-refractivity contribution in [2.45, 2.75) is 47.4 Å². The molecule has 2 aliphatic carbocycles. The summed E-state index contributed by atoms with van der Waals surface area (Å²) in [6.45, 7) is 0. The van der Waals surface area contributed by atoms with E-state index in [0.29, 0.717) is 0 Å². The van der Waals surface area contributed by atoms with E-state index in [1.165, 1.54) is 8.81 Å². The van der Waals surface area contributed by atoms with Gasteiger partial charge in [-0.3, -0.25) is 0 Å².